The van der Waals surface area contributed by atoms with Crippen LogP contribution in [0.3, 0.4) is 0 Å². The Hall–Kier alpha value is -1.80. The first-order valence-corrected chi connectivity index (χ1v) is 9.52. The van der Waals surface area contributed by atoms with Gasteiger partial charge >= 0.3 is 6.03 Å². The number of benzene rings is 1. The van der Waals surface area contributed by atoms with Gasteiger partial charge in [-0.3, -0.25) is 0 Å². The molecule has 1 fully saturated rings. The van der Waals surface area contributed by atoms with Gasteiger partial charge in [0.2, 0.25) is 10.0 Å². The molecule has 1 saturated heterocycles. The molecule has 0 saturated carbocycles. The van der Waals surface area contributed by atoms with Gasteiger partial charge in [-0.1, -0.05) is 18.2 Å². The maximum absolute atomic E-state index is 12.1. The number of sulfonamides is 1. The van der Waals surface area contributed by atoms with Crippen molar-refractivity contribution < 1.29 is 17.9 Å². The van der Waals surface area contributed by atoms with Crippen LogP contribution in [0.5, 0.6) is 5.75 Å². The lowest BCUT2D eigenvalue weighted by atomic mass is 10.1. The Balaban J connectivity index is 1.50. The van der Waals surface area contributed by atoms with Crippen LogP contribution in [-0.2, 0) is 10.0 Å². The number of hydrogen-bond donors (Lipinski definition) is 2. The third kappa shape index (κ3) is 3.76. The van der Waals surface area contributed by atoms with Crippen molar-refractivity contribution in [2.45, 2.75) is 24.9 Å². The minimum Gasteiger partial charge on any atom is -0.491 e. The Kier molecular flexibility index (Phi) is 4.45. The van der Waals surface area contributed by atoms with Gasteiger partial charge in [-0.05, 0) is 18.9 Å². The Morgan fingerprint density at radius 2 is 1.91 bits per heavy atom. The highest BCUT2D eigenvalue weighted by molar-refractivity contribution is 7.88. The number of nitrogens with zero attached hydrogens (tertiary/aromatic N) is 1. The fourth-order valence-corrected chi connectivity index (χ4v) is 3.87. The van der Waals surface area contributed by atoms with E-state index < -0.39 is 10.0 Å². The van der Waals surface area contributed by atoms with E-state index in [0.29, 0.717) is 32.5 Å². The lowest BCUT2D eigenvalue weighted by Gasteiger charge is -2.30. The molecule has 1 aromatic rings. The Morgan fingerprint density at radius 3 is 2.61 bits per heavy atom. The standard InChI is InChI=1S/C15H21N3O4S/c1-23(20,21)18-8-6-11(7-9-18)16-15(19)17-13-10-22-14-5-3-2-4-12(13)14/h2-5,11,13H,6-10H2,1H3,(H2,16,17,19)/t13-/m0/s1. The summed E-state index contributed by atoms with van der Waals surface area (Å²) >= 11 is 0. The van der Waals surface area contributed by atoms with Crippen molar-refractivity contribution in [1.29, 1.82) is 0 Å². The van der Waals surface area contributed by atoms with Crippen LogP contribution in [0, 0.1) is 0 Å². The lowest BCUT2D eigenvalue weighted by Crippen LogP contribution is -2.49. The van der Waals surface area contributed by atoms with Gasteiger partial charge in [-0.15, -0.1) is 0 Å². The number of urea groups is 1. The molecule has 126 valence electrons. The quantitative estimate of drug-likeness (QED) is 0.854. The van der Waals surface area contributed by atoms with E-state index in [4.69, 9.17) is 4.74 Å². The molecule has 2 heterocycles. The minimum absolute atomic E-state index is 0.00874. The zero-order valence-corrected chi connectivity index (χ0v) is 13.8. The van der Waals surface area contributed by atoms with Crippen molar-refractivity contribution in [3.05, 3.63) is 29.8 Å². The molecule has 0 aliphatic carbocycles. The van der Waals surface area contributed by atoms with E-state index in [2.05, 4.69) is 10.6 Å². The van der Waals surface area contributed by atoms with Gasteiger partial charge in [0, 0.05) is 24.7 Å². The number of rotatable bonds is 3. The molecule has 0 radical (unpaired) electrons. The van der Waals surface area contributed by atoms with Gasteiger partial charge in [0.1, 0.15) is 12.4 Å². The number of fused-ring (bicyclic) bond motifs is 1. The zero-order chi connectivity index (χ0) is 16.4. The summed E-state index contributed by atoms with van der Waals surface area (Å²) in [6, 6.07) is 7.24. The first-order valence-electron chi connectivity index (χ1n) is 7.67. The van der Waals surface area contributed by atoms with Crippen molar-refractivity contribution in [3.8, 4) is 5.75 Å². The fraction of sp³-hybridized carbons (Fsp3) is 0.533. The number of carbonyl (C=O) groups excluding carboxylic acids is 1. The summed E-state index contributed by atoms with van der Waals surface area (Å²) in [5.74, 6) is 0.805. The molecule has 2 aliphatic heterocycles. The molecule has 0 bridgehead atoms. The average Bonchev–Trinajstić information content (AvgIpc) is 2.90. The summed E-state index contributed by atoms with van der Waals surface area (Å²) < 4.78 is 29.9. The largest absolute Gasteiger partial charge is 0.491 e. The fourth-order valence-electron chi connectivity index (χ4n) is 3.00. The number of amides is 2. The van der Waals surface area contributed by atoms with E-state index in [1.807, 2.05) is 24.3 Å². The Labute approximate surface area is 136 Å². The summed E-state index contributed by atoms with van der Waals surface area (Å²) in [6.45, 7) is 1.32. The van der Waals surface area contributed by atoms with Crippen LogP contribution < -0.4 is 15.4 Å². The Morgan fingerprint density at radius 1 is 1.22 bits per heavy atom. The van der Waals surface area contributed by atoms with Gasteiger partial charge in [-0.25, -0.2) is 17.5 Å². The lowest BCUT2D eigenvalue weighted by molar-refractivity contribution is 0.220. The zero-order valence-electron chi connectivity index (χ0n) is 13.0. The number of hydrogen-bond acceptors (Lipinski definition) is 4. The van der Waals surface area contributed by atoms with Crippen LogP contribution in [0.2, 0.25) is 0 Å². The molecule has 1 aromatic carbocycles. The van der Waals surface area contributed by atoms with Crippen LogP contribution in [0.1, 0.15) is 24.4 Å². The molecule has 23 heavy (non-hydrogen) atoms. The second kappa shape index (κ2) is 6.37. The van der Waals surface area contributed by atoms with E-state index in [-0.39, 0.29) is 18.1 Å². The average molecular weight is 339 g/mol. The third-order valence-corrected chi connectivity index (χ3v) is 5.57. The highest BCUT2D eigenvalue weighted by Crippen LogP contribution is 2.31. The predicted octanol–water partition coefficient (Wildman–Crippen LogP) is 0.843. The van der Waals surface area contributed by atoms with Crippen LogP contribution in [0.25, 0.3) is 0 Å². The molecular weight excluding hydrogens is 318 g/mol. The second-order valence-corrected chi connectivity index (χ2v) is 7.94. The summed E-state index contributed by atoms with van der Waals surface area (Å²) in [5, 5.41) is 5.84. The predicted molar refractivity (Wildman–Crippen MR) is 85.8 cm³/mol. The van der Waals surface area contributed by atoms with Crippen molar-refractivity contribution in [2.24, 2.45) is 0 Å². The van der Waals surface area contributed by atoms with Crippen molar-refractivity contribution >= 4 is 16.1 Å². The topological polar surface area (TPSA) is 87.7 Å². The molecule has 7 nitrogen and oxygen atoms in total. The molecule has 2 N–H and O–H groups in total. The molecule has 2 amide bonds. The maximum Gasteiger partial charge on any atom is 0.315 e. The molecule has 0 aromatic heterocycles. The van der Waals surface area contributed by atoms with E-state index in [0.717, 1.165) is 11.3 Å². The summed E-state index contributed by atoms with van der Waals surface area (Å²) in [4.78, 5) is 12.1. The second-order valence-electron chi connectivity index (χ2n) is 5.96. The number of para-hydroxylation sites is 1. The molecular formula is C15H21N3O4S. The maximum atomic E-state index is 12.1. The van der Waals surface area contributed by atoms with Crippen molar-refractivity contribution in [2.75, 3.05) is 26.0 Å². The molecule has 3 rings (SSSR count). The monoisotopic (exact) mass is 339 g/mol. The van der Waals surface area contributed by atoms with Crippen LogP contribution >= 0.6 is 0 Å². The Bertz CT molecular complexity index is 684. The normalized spacial score (nSPS) is 22.2. The number of nitrogens with one attached hydrogen (secondary N) is 2. The minimum atomic E-state index is -3.14. The van der Waals surface area contributed by atoms with Gasteiger partial charge < -0.3 is 15.4 Å². The number of piperidine rings is 1. The van der Waals surface area contributed by atoms with Gasteiger partial charge in [0.05, 0.1) is 12.3 Å². The molecule has 8 heteroatoms. The molecule has 0 unspecified atom stereocenters. The van der Waals surface area contributed by atoms with Crippen LogP contribution in [-0.4, -0.2) is 50.7 Å². The third-order valence-electron chi connectivity index (χ3n) is 4.26. The van der Waals surface area contributed by atoms with E-state index in [1.54, 1.807) is 0 Å². The van der Waals surface area contributed by atoms with Crippen LogP contribution in [0.15, 0.2) is 24.3 Å². The van der Waals surface area contributed by atoms with Gasteiger partial charge in [0.15, 0.2) is 0 Å². The van der Waals surface area contributed by atoms with E-state index in [9.17, 15) is 13.2 Å². The number of carbonyl (C=O) groups is 1. The van der Waals surface area contributed by atoms with E-state index in [1.165, 1.54) is 10.6 Å². The highest BCUT2D eigenvalue weighted by atomic mass is 32.2. The SMILES string of the molecule is CS(=O)(=O)N1CCC(NC(=O)N[C@H]2COc3ccccc32)CC1. The first-order chi connectivity index (χ1) is 10.9. The highest BCUT2D eigenvalue weighted by Gasteiger charge is 2.28. The van der Waals surface area contributed by atoms with Crippen LogP contribution in [0.4, 0.5) is 4.79 Å². The van der Waals surface area contributed by atoms with Crippen molar-refractivity contribution in [1.82, 2.24) is 14.9 Å². The van der Waals surface area contributed by atoms with Crippen molar-refractivity contribution in [3.63, 3.8) is 0 Å². The van der Waals surface area contributed by atoms with Gasteiger partial charge in [0.25, 0.3) is 0 Å². The molecule has 2 aliphatic rings. The van der Waals surface area contributed by atoms with Gasteiger partial charge in [-0.2, -0.15) is 0 Å². The molecule has 1 atom stereocenters. The first kappa shape index (κ1) is 16.1. The number of ether oxygens (including phenoxy) is 1. The summed E-state index contributed by atoms with van der Waals surface area (Å²) in [5.41, 5.74) is 0.981. The molecule has 0 spiro atoms. The summed E-state index contributed by atoms with van der Waals surface area (Å²) in [6.07, 6.45) is 2.46. The summed E-state index contributed by atoms with van der Waals surface area (Å²) in [7, 11) is -3.14. The smallest absolute Gasteiger partial charge is 0.315 e. The van der Waals surface area contributed by atoms with E-state index >= 15 is 0 Å².